The van der Waals surface area contributed by atoms with Crippen LogP contribution >= 0.6 is 0 Å². The molecule has 1 rings (SSSR count). The number of nitriles is 1. The first kappa shape index (κ1) is 12.2. The highest BCUT2D eigenvalue weighted by atomic mass is 15.0. The van der Waals surface area contributed by atoms with Crippen LogP contribution in [-0.2, 0) is 0 Å². The van der Waals surface area contributed by atoms with Crippen LogP contribution in [0.1, 0.15) is 26.3 Å². The number of rotatable bonds is 2. The molecule has 0 aliphatic carbocycles. The number of amidine groups is 1. The molecule has 4 heteroatoms. The van der Waals surface area contributed by atoms with E-state index in [2.05, 4.69) is 36.1 Å². The van der Waals surface area contributed by atoms with Gasteiger partial charge in [0.05, 0.1) is 0 Å². The molecule has 0 amide bonds. The van der Waals surface area contributed by atoms with Gasteiger partial charge in [-0.05, 0) is 17.5 Å². The summed E-state index contributed by atoms with van der Waals surface area (Å²) in [6, 6.07) is 3.69. The molecule has 0 saturated carbocycles. The highest BCUT2D eigenvalue weighted by Crippen LogP contribution is 2.13. The lowest BCUT2D eigenvalue weighted by Gasteiger charge is -2.15. The SMILES string of the molecule is CC(C)(C)CN=C(NC#N)c1cccnc1. The van der Waals surface area contributed by atoms with Gasteiger partial charge in [-0.1, -0.05) is 20.8 Å². The fourth-order valence-electron chi connectivity index (χ4n) is 1.07. The van der Waals surface area contributed by atoms with E-state index in [0.29, 0.717) is 12.4 Å². The molecule has 0 aromatic carbocycles. The Hall–Kier alpha value is -1.89. The third-order valence-corrected chi connectivity index (χ3v) is 1.82. The summed E-state index contributed by atoms with van der Waals surface area (Å²) >= 11 is 0. The predicted octanol–water partition coefficient (Wildman–Crippen LogP) is 1.94. The molecule has 1 aromatic heterocycles. The lowest BCUT2D eigenvalue weighted by atomic mass is 9.97. The minimum Gasteiger partial charge on any atom is -0.277 e. The summed E-state index contributed by atoms with van der Waals surface area (Å²) in [5.41, 5.74) is 0.929. The van der Waals surface area contributed by atoms with Crippen molar-refractivity contribution in [3.05, 3.63) is 30.1 Å². The van der Waals surface area contributed by atoms with Gasteiger partial charge in [0.2, 0.25) is 0 Å². The van der Waals surface area contributed by atoms with Crippen molar-refractivity contribution in [3.8, 4) is 6.19 Å². The Kier molecular flexibility index (Phi) is 4.01. The highest BCUT2D eigenvalue weighted by molar-refractivity contribution is 5.99. The molecule has 0 fully saturated rings. The van der Waals surface area contributed by atoms with Gasteiger partial charge in [0.1, 0.15) is 5.84 Å². The molecule has 0 saturated heterocycles. The standard InChI is InChI=1S/C12H16N4/c1-12(2,3)8-15-11(16-9-13)10-5-4-6-14-7-10/h4-7H,8H2,1-3H3,(H,15,16). The van der Waals surface area contributed by atoms with Crippen LogP contribution in [0.2, 0.25) is 0 Å². The van der Waals surface area contributed by atoms with Crippen LogP contribution in [0.15, 0.2) is 29.5 Å². The van der Waals surface area contributed by atoms with Crippen molar-refractivity contribution in [1.29, 1.82) is 5.26 Å². The number of hydrogen-bond acceptors (Lipinski definition) is 3. The minimum absolute atomic E-state index is 0.102. The highest BCUT2D eigenvalue weighted by Gasteiger charge is 2.10. The van der Waals surface area contributed by atoms with Crippen LogP contribution in [0, 0.1) is 16.9 Å². The number of aliphatic imine (C=N–C) groups is 1. The Bertz CT molecular complexity index is 395. The summed E-state index contributed by atoms with van der Waals surface area (Å²) < 4.78 is 0. The molecule has 0 radical (unpaired) electrons. The van der Waals surface area contributed by atoms with E-state index in [0.717, 1.165) is 5.56 Å². The number of hydrogen-bond donors (Lipinski definition) is 1. The van der Waals surface area contributed by atoms with Crippen molar-refractivity contribution in [3.63, 3.8) is 0 Å². The predicted molar refractivity (Wildman–Crippen MR) is 63.8 cm³/mol. The number of nitrogens with zero attached hydrogens (tertiary/aromatic N) is 3. The van der Waals surface area contributed by atoms with Crippen LogP contribution in [-0.4, -0.2) is 17.4 Å². The second kappa shape index (κ2) is 5.26. The zero-order chi connectivity index (χ0) is 12.0. The Morgan fingerprint density at radius 3 is 2.81 bits per heavy atom. The van der Waals surface area contributed by atoms with Gasteiger partial charge in [-0.2, -0.15) is 5.26 Å². The van der Waals surface area contributed by atoms with Crippen LogP contribution < -0.4 is 5.32 Å². The molecule has 0 spiro atoms. The molecule has 0 bridgehead atoms. The number of pyridine rings is 1. The minimum atomic E-state index is 0.102. The fourth-order valence-corrected chi connectivity index (χ4v) is 1.07. The smallest absolute Gasteiger partial charge is 0.182 e. The topological polar surface area (TPSA) is 61.1 Å². The second-order valence-electron chi connectivity index (χ2n) is 4.70. The fraction of sp³-hybridized carbons (Fsp3) is 0.417. The van der Waals surface area contributed by atoms with Crippen LogP contribution in [0.4, 0.5) is 0 Å². The van der Waals surface area contributed by atoms with E-state index in [-0.39, 0.29) is 5.41 Å². The molecule has 0 unspecified atom stereocenters. The molecular formula is C12H16N4. The van der Waals surface area contributed by atoms with Crippen LogP contribution in [0.25, 0.3) is 0 Å². The first-order chi connectivity index (χ1) is 7.53. The van der Waals surface area contributed by atoms with Gasteiger partial charge >= 0.3 is 0 Å². The molecule has 4 nitrogen and oxygen atoms in total. The molecule has 0 aliphatic rings. The third-order valence-electron chi connectivity index (χ3n) is 1.82. The van der Waals surface area contributed by atoms with E-state index < -0.39 is 0 Å². The van der Waals surface area contributed by atoms with Crippen LogP contribution in [0.3, 0.4) is 0 Å². The van der Waals surface area contributed by atoms with Crippen molar-refractivity contribution in [2.75, 3.05) is 6.54 Å². The lowest BCUT2D eigenvalue weighted by molar-refractivity contribution is 0.429. The molecule has 1 aromatic rings. The maximum atomic E-state index is 8.67. The van der Waals surface area contributed by atoms with Gasteiger partial charge in [0.15, 0.2) is 6.19 Å². The maximum Gasteiger partial charge on any atom is 0.182 e. The first-order valence-corrected chi connectivity index (χ1v) is 5.13. The van der Waals surface area contributed by atoms with Gasteiger partial charge in [-0.15, -0.1) is 0 Å². The van der Waals surface area contributed by atoms with E-state index in [1.165, 1.54) is 0 Å². The normalized spacial score (nSPS) is 12.0. The third kappa shape index (κ3) is 4.09. The Morgan fingerprint density at radius 1 is 1.56 bits per heavy atom. The van der Waals surface area contributed by atoms with E-state index in [4.69, 9.17) is 5.26 Å². The first-order valence-electron chi connectivity index (χ1n) is 5.13. The van der Waals surface area contributed by atoms with E-state index in [9.17, 15) is 0 Å². The molecule has 1 heterocycles. The maximum absolute atomic E-state index is 8.67. The summed E-state index contributed by atoms with van der Waals surface area (Å²) in [6.45, 7) is 6.96. The molecular weight excluding hydrogens is 200 g/mol. The molecule has 1 N–H and O–H groups in total. The molecule has 16 heavy (non-hydrogen) atoms. The quantitative estimate of drug-likeness (QED) is 0.356. The zero-order valence-electron chi connectivity index (χ0n) is 9.86. The molecule has 0 atom stereocenters. The average Bonchev–Trinajstić information content (AvgIpc) is 2.24. The summed E-state index contributed by atoms with van der Waals surface area (Å²) in [7, 11) is 0. The van der Waals surface area contributed by atoms with Gasteiger partial charge in [-0.3, -0.25) is 15.3 Å². The lowest BCUT2D eigenvalue weighted by Crippen LogP contribution is -2.22. The van der Waals surface area contributed by atoms with E-state index >= 15 is 0 Å². The van der Waals surface area contributed by atoms with Crippen molar-refractivity contribution in [2.45, 2.75) is 20.8 Å². The Balaban J connectivity index is 2.88. The largest absolute Gasteiger partial charge is 0.277 e. The Labute approximate surface area is 96.0 Å². The van der Waals surface area contributed by atoms with Crippen molar-refractivity contribution in [2.24, 2.45) is 10.4 Å². The summed E-state index contributed by atoms with van der Waals surface area (Å²) in [6.07, 6.45) is 5.27. The van der Waals surface area contributed by atoms with Crippen molar-refractivity contribution in [1.82, 2.24) is 10.3 Å². The van der Waals surface area contributed by atoms with Gasteiger partial charge in [0, 0.05) is 24.5 Å². The second-order valence-corrected chi connectivity index (χ2v) is 4.70. The van der Waals surface area contributed by atoms with Crippen molar-refractivity contribution < 1.29 is 0 Å². The molecule has 84 valence electrons. The summed E-state index contributed by atoms with van der Waals surface area (Å²) in [5, 5.41) is 11.3. The van der Waals surface area contributed by atoms with E-state index in [1.807, 2.05) is 18.3 Å². The van der Waals surface area contributed by atoms with Crippen LogP contribution in [0.5, 0.6) is 0 Å². The van der Waals surface area contributed by atoms with Gasteiger partial charge < -0.3 is 0 Å². The summed E-state index contributed by atoms with van der Waals surface area (Å²) in [5.74, 6) is 0.575. The monoisotopic (exact) mass is 216 g/mol. The van der Waals surface area contributed by atoms with E-state index in [1.54, 1.807) is 12.4 Å². The summed E-state index contributed by atoms with van der Waals surface area (Å²) in [4.78, 5) is 8.40. The van der Waals surface area contributed by atoms with Gasteiger partial charge in [-0.25, -0.2) is 0 Å². The Morgan fingerprint density at radius 2 is 2.31 bits per heavy atom. The number of aromatic nitrogens is 1. The average molecular weight is 216 g/mol. The van der Waals surface area contributed by atoms with Crippen molar-refractivity contribution >= 4 is 5.84 Å². The molecule has 0 aliphatic heterocycles. The number of nitrogens with one attached hydrogen (secondary N) is 1. The van der Waals surface area contributed by atoms with Gasteiger partial charge in [0.25, 0.3) is 0 Å². The zero-order valence-corrected chi connectivity index (χ0v) is 9.86.